The summed E-state index contributed by atoms with van der Waals surface area (Å²) in [6.07, 6.45) is 1.04. The molecule has 0 aromatic heterocycles. The lowest BCUT2D eigenvalue weighted by atomic mass is 10.1. The minimum Gasteiger partial charge on any atom is -0.274 e. The lowest BCUT2D eigenvalue weighted by molar-refractivity contribution is 0.122. The molecule has 0 unspecified atom stereocenters. The van der Waals surface area contributed by atoms with Crippen LogP contribution in [0.2, 0.25) is 0 Å². The van der Waals surface area contributed by atoms with E-state index in [1.165, 1.54) is 11.3 Å². The van der Waals surface area contributed by atoms with Crippen molar-refractivity contribution in [3.63, 3.8) is 0 Å². The molecule has 0 aliphatic carbocycles. The summed E-state index contributed by atoms with van der Waals surface area (Å²) in [4.78, 5) is 5.55. The fraction of sp³-hybridized carbons (Fsp3) is 0.500. The third-order valence-electron chi connectivity index (χ3n) is 2.21. The van der Waals surface area contributed by atoms with Crippen molar-refractivity contribution in [2.24, 2.45) is 0 Å². The van der Waals surface area contributed by atoms with E-state index < -0.39 is 0 Å². The molecular formula is C12H19NO. The van der Waals surface area contributed by atoms with Crippen LogP contribution in [-0.2, 0) is 11.3 Å². The van der Waals surface area contributed by atoms with Gasteiger partial charge in [-0.1, -0.05) is 25.1 Å². The Morgan fingerprint density at radius 2 is 1.86 bits per heavy atom. The number of hydroxylamine groups is 1. The van der Waals surface area contributed by atoms with Gasteiger partial charge in [-0.15, -0.1) is 0 Å². The van der Waals surface area contributed by atoms with Crippen molar-refractivity contribution in [3.05, 3.63) is 29.8 Å². The number of aryl methyl sites for hydroxylation is 1. The molecule has 0 heterocycles. The molecule has 1 aromatic carbocycles. The summed E-state index contributed by atoms with van der Waals surface area (Å²) in [6.45, 7) is 7.87. The Balaban J connectivity index is 2.90. The minimum absolute atomic E-state index is 0.714. The molecule has 0 atom stereocenters. The van der Waals surface area contributed by atoms with E-state index in [-0.39, 0.29) is 0 Å². The fourth-order valence-electron chi connectivity index (χ4n) is 1.54. The van der Waals surface area contributed by atoms with Crippen LogP contribution in [0.1, 0.15) is 26.3 Å². The molecule has 2 heteroatoms. The van der Waals surface area contributed by atoms with Crippen LogP contribution in [0.3, 0.4) is 0 Å². The third kappa shape index (κ3) is 2.48. The van der Waals surface area contributed by atoms with E-state index in [4.69, 9.17) is 4.84 Å². The van der Waals surface area contributed by atoms with Crippen LogP contribution >= 0.6 is 0 Å². The summed E-state index contributed by atoms with van der Waals surface area (Å²) in [5.74, 6) is 0. The van der Waals surface area contributed by atoms with E-state index in [1.807, 2.05) is 12.0 Å². The van der Waals surface area contributed by atoms with Crippen LogP contribution in [0.25, 0.3) is 0 Å². The lowest BCUT2D eigenvalue weighted by Crippen LogP contribution is -2.23. The average molecular weight is 193 g/mol. The van der Waals surface area contributed by atoms with E-state index in [9.17, 15) is 0 Å². The first-order chi connectivity index (χ1) is 6.83. The largest absolute Gasteiger partial charge is 0.274 e. The summed E-state index contributed by atoms with van der Waals surface area (Å²) in [5, 5.41) is 1.96. The van der Waals surface area contributed by atoms with Gasteiger partial charge >= 0.3 is 0 Å². The van der Waals surface area contributed by atoms with Gasteiger partial charge in [-0.05, 0) is 31.9 Å². The molecule has 0 spiro atoms. The van der Waals surface area contributed by atoms with Gasteiger partial charge in [0.25, 0.3) is 0 Å². The highest BCUT2D eigenvalue weighted by atomic mass is 16.7. The standard InChI is InChI=1S/C12H19NO/c1-4-11-9-7-8-10-12(11)13(5-2)14-6-3/h7-10H,4-6H2,1-3H3. The zero-order valence-corrected chi connectivity index (χ0v) is 9.29. The van der Waals surface area contributed by atoms with Crippen molar-refractivity contribution >= 4 is 5.69 Å². The van der Waals surface area contributed by atoms with Gasteiger partial charge in [0.2, 0.25) is 0 Å². The lowest BCUT2D eigenvalue weighted by Gasteiger charge is -2.23. The number of benzene rings is 1. The van der Waals surface area contributed by atoms with Gasteiger partial charge in [0, 0.05) is 6.54 Å². The second-order valence-corrected chi connectivity index (χ2v) is 3.09. The first-order valence-electron chi connectivity index (χ1n) is 5.31. The monoisotopic (exact) mass is 193 g/mol. The van der Waals surface area contributed by atoms with Gasteiger partial charge in [-0.25, -0.2) is 0 Å². The quantitative estimate of drug-likeness (QED) is 0.666. The van der Waals surface area contributed by atoms with Crippen molar-refractivity contribution in [3.8, 4) is 0 Å². The van der Waals surface area contributed by atoms with Crippen LogP contribution in [0.15, 0.2) is 24.3 Å². The van der Waals surface area contributed by atoms with Crippen molar-refractivity contribution in [2.75, 3.05) is 18.2 Å². The normalized spacial score (nSPS) is 10.2. The molecule has 1 aromatic rings. The first-order valence-corrected chi connectivity index (χ1v) is 5.31. The molecule has 0 fully saturated rings. The average Bonchev–Trinajstić information content (AvgIpc) is 2.26. The number of anilines is 1. The van der Waals surface area contributed by atoms with Crippen LogP contribution in [0.5, 0.6) is 0 Å². The zero-order valence-electron chi connectivity index (χ0n) is 9.29. The van der Waals surface area contributed by atoms with E-state index in [0.29, 0.717) is 6.61 Å². The molecule has 0 saturated carbocycles. The Kier molecular flexibility index (Phi) is 4.47. The molecule has 78 valence electrons. The van der Waals surface area contributed by atoms with Gasteiger partial charge in [-0.3, -0.25) is 9.90 Å². The molecule has 2 nitrogen and oxygen atoms in total. The molecule has 0 aliphatic rings. The molecule has 0 bridgehead atoms. The van der Waals surface area contributed by atoms with Gasteiger partial charge in [0.05, 0.1) is 12.3 Å². The number of nitrogens with zero attached hydrogens (tertiary/aromatic N) is 1. The zero-order chi connectivity index (χ0) is 10.4. The molecular weight excluding hydrogens is 174 g/mol. The topological polar surface area (TPSA) is 12.5 Å². The number of hydrogen-bond acceptors (Lipinski definition) is 2. The summed E-state index contributed by atoms with van der Waals surface area (Å²) < 4.78 is 0. The van der Waals surface area contributed by atoms with E-state index in [0.717, 1.165) is 13.0 Å². The smallest absolute Gasteiger partial charge is 0.0720 e. The van der Waals surface area contributed by atoms with Crippen molar-refractivity contribution < 1.29 is 4.84 Å². The predicted molar refractivity (Wildman–Crippen MR) is 60.5 cm³/mol. The van der Waals surface area contributed by atoms with E-state index in [1.54, 1.807) is 0 Å². The Bertz CT molecular complexity index is 273. The van der Waals surface area contributed by atoms with Crippen LogP contribution in [-0.4, -0.2) is 13.2 Å². The fourth-order valence-corrected chi connectivity index (χ4v) is 1.54. The van der Waals surface area contributed by atoms with Gasteiger partial charge < -0.3 is 0 Å². The molecule has 0 N–H and O–H groups in total. The molecule has 1 rings (SSSR count). The Morgan fingerprint density at radius 1 is 1.14 bits per heavy atom. The second-order valence-electron chi connectivity index (χ2n) is 3.09. The van der Waals surface area contributed by atoms with Crippen LogP contribution < -0.4 is 5.06 Å². The highest BCUT2D eigenvalue weighted by molar-refractivity contribution is 5.51. The third-order valence-corrected chi connectivity index (χ3v) is 2.21. The van der Waals surface area contributed by atoms with Crippen molar-refractivity contribution in [1.82, 2.24) is 0 Å². The Hall–Kier alpha value is -1.02. The molecule has 0 radical (unpaired) electrons. The Labute approximate surface area is 86.4 Å². The summed E-state index contributed by atoms with van der Waals surface area (Å²) in [6, 6.07) is 8.38. The van der Waals surface area contributed by atoms with Crippen molar-refractivity contribution in [2.45, 2.75) is 27.2 Å². The van der Waals surface area contributed by atoms with Gasteiger partial charge in [0.15, 0.2) is 0 Å². The summed E-state index contributed by atoms with van der Waals surface area (Å²) in [7, 11) is 0. The highest BCUT2D eigenvalue weighted by Gasteiger charge is 2.07. The molecule has 0 saturated heterocycles. The van der Waals surface area contributed by atoms with Crippen LogP contribution in [0, 0.1) is 0 Å². The van der Waals surface area contributed by atoms with Crippen molar-refractivity contribution in [1.29, 1.82) is 0 Å². The minimum atomic E-state index is 0.714. The maximum Gasteiger partial charge on any atom is 0.0720 e. The summed E-state index contributed by atoms with van der Waals surface area (Å²) in [5.41, 5.74) is 2.53. The second kappa shape index (κ2) is 5.66. The van der Waals surface area contributed by atoms with Gasteiger partial charge in [0.1, 0.15) is 0 Å². The van der Waals surface area contributed by atoms with E-state index in [2.05, 4.69) is 38.1 Å². The number of rotatable bonds is 5. The molecule has 14 heavy (non-hydrogen) atoms. The number of hydrogen-bond donors (Lipinski definition) is 0. The Morgan fingerprint density at radius 3 is 2.43 bits per heavy atom. The maximum atomic E-state index is 5.55. The summed E-state index contributed by atoms with van der Waals surface area (Å²) >= 11 is 0. The SMILES string of the molecule is CCON(CC)c1ccccc1CC. The van der Waals surface area contributed by atoms with E-state index >= 15 is 0 Å². The van der Waals surface area contributed by atoms with Crippen LogP contribution in [0.4, 0.5) is 5.69 Å². The molecule has 0 amide bonds. The maximum absolute atomic E-state index is 5.55. The predicted octanol–water partition coefficient (Wildman–Crippen LogP) is 3.03. The number of para-hydroxylation sites is 1. The molecule has 0 aliphatic heterocycles. The van der Waals surface area contributed by atoms with Gasteiger partial charge in [-0.2, -0.15) is 0 Å². The highest BCUT2D eigenvalue weighted by Crippen LogP contribution is 2.20. The first kappa shape index (κ1) is 11.1.